The Hall–Kier alpha value is -1.83. The van der Waals surface area contributed by atoms with E-state index in [1.807, 2.05) is 0 Å². The Labute approximate surface area is 122 Å². The molecule has 0 atom stereocenters. The van der Waals surface area contributed by atoms with Gasteiger partial charge in [0, 0.05) is 10.7 Å². The van der Waals surface area contributed by atoms with Crippen LogP contribution in [0.2, 0.25) is 0 Å². The minimum absolute atomic E-state index is 0.0344. The van der Waals surface area contributed by atoms with Crippen LogP contribution in [0, 0.1) is 15.9 Å². The number of halogens is 2. The van der Waals surface area contributed by atoms with Gasteiger partial charge in [0.15, 0.2) is 11.6 Å². The highest BCUT2D eigenvalue weighted by Crippen LogP contribution is 2.28. The number of hydrogen-bond donors (Lipinski definition) is 0. The number of nitrogens with zero attached hydrogens (tertiary/aromatic N) is 4. The molecule has 0 fully saturated rings. The van der Waals surface area contributed by atoms with Gasteiger partial charge in [0.1, 0.15) is 11.4 Å². The molecule has 0 aromatic carbocycles. The minimum atomic E-state index is -0.589. The largest absolute Gasteiger partial charge is 0.313 e. The molecule has 0 unspecified atom stereocenters. The summed E-state index contributed by atoms with van der Waals surface area (Å²) in [4.78, 5) is 14.7. The lowest BCUT2D eigenvalue weighted by Crippen LogP contribution is -2.07. The molecule has 0 aliphatic carbocycles. The van der Waals surface area contributed by atoms with Crippen LogP contribution >= 0.6 is 15.9 Å². The molecule has 0 bridgehead atoms. The van der Waals surface area contributed by atoms with Gasteiger partial charge in [-0.1, -0.05) is 13.8 Å². The molecule has 2 rings (SSSR count). The van der Waals surface area contributed by atoms with Crippen LogP contribution < -0.4 is 0 Å². The topological polar surface area (TPSA) is 73.8 Å². The Morgan fingerprint density at radius 2 is 2.15 bits per heavy atom. The monoisotopic (exact) mass is 342 g/mol. The van der Waals surface area contributed by atoms with Gasteiger partial charge in [-0.25, -0.2) is 14.1 Å². The van der Waals surface area contributed by atoms with Crippen molar-refractivity contribution in [1.82, 2.24) is 14.8 Å². The molecule has 2 aromatic heterocycles. The smallest absolute Gasteiger partial charge is 0.258 e. The van der Waals surface area contributed by atoms with Gasteiger partial charge in [0.05, 0.1) is 4.92 Å². The summed E-state index contributed by atoms with van der Waals surface area (Å²) in [6.07, 6.45) is 2.19. The van der Waals surface area contributed by atoms with Crippen molar-refractivity contribution in [3.05, 3.63) is 44.1 Å². The van der Waals surface area contributed by atoms with Crippen LogP contribution in [0.15, 0.2) is 16.7 Å². The Kier molecular flexibility index (Phi) is 4.12. The molecule has 106 valence electrons. The Morgan fingerprint density at radius 1 is 1.45 bits per heavy atom. The van der Waals surface area contributed by atoms with Crippen molar-refractivity contribution in [3.8, 4) is 5.82 Å². The molecule has 0 saturated heterocycles. The Bertz CT molecular complexity index is 672. The molecule has 0 aliphatic heterocycles. The second kappa shape index (κ2) is 5.66. The molecule has 0 spiro atoms. The average Bonchev–Trinajstić information content (AvgIpc) is 2.77. The fraction of sp³-hybridized carbons (Fsp3) is 0.333. The van der Waals surface area contributed by atoms with Gasteiger partial charge in [0.25, 0.3) is 0 Å². The Balaban J connectivity index is 2.71. The van der Waals surface area contributed by atoms with E-state index in [-0.39, 0.29) is 11.5 Å². The fourth-order valence-electron chi connectivity index (χ4n) is 2.00. The predicted molar refractivity (Wildman–Crippen MR) is 74.4 cm³/mol. The number of aromatic nitrogens is 3. The maximum atomic E-state index is 14.0. The van der Waals surface area contributed by atoms with Gasteiger partial charge in [-0.05, 0) is 34.8 Å². The van der Waals surface area contributed by atoms with Gasteiger partial charge in [-0.15, -0.1) is 0 Å². The van der Waals surface area contributed by atoms with E-state index >= 15 is 0 Å². The summed E-state index contributed by atoms with van der Waals surface area (Å²) in [6, 6.07) is 1.25. The van der Waals surface area contributed by atoms with Gasteiger partial charge in [-0.3, -0.25) is 10.1 Å². The molecule has 0 radical (unpaired) electrons. The summed E-state index contributed by atoms with van der Waals surface area (Å²) in [5.41, 5.74) is 0.621. The maximum Gasteiger partial charge on any atom is 0.313 e. The van der Waals surface area contributed by atoms with Crippen molar-refractivity contribution in [1.29, 1.82) is 0 Å². The first-order valence-corrected chi connectivity index (χ1v) is 6.85. The number of nitro groups is 1. The van der Waals surface area contributed by atoms with E-state index in [0.29, 0.717) is 28.7 Å². The molecule has 20 heavy (non-hydrogen) atoms. The van der Waals surface area contributed by atoms with Crippen LogP contribution in [-0.2, 0) is 12.8 Å². The van der Waals surface area contributed by atoms with E-state index < -0.39 is 10.7 Å². The molecule has 0 N–H and O–H groups in total. The van der Waals surface area contributed by atoms with Crippen LogP contribution in [0.25, 0.3) is 5.82 Å². The number of pyridine rings is 1. The number of hydrogen-bond acceptors (Lipinski definition) is 4. The first-order chi connectivity index (χ1) is 9.49. The molecular formula is C12H12BrFN4O2. The highest BCUT2D eigenvalue weighted by atomic mass is 79.9. The first-order valence-electron chi connectivity index (χ1n) is 6.06. The van der Waals surface area contributed by atoms with Crippen LogP contribution in [-0.4, -0.2) is 19.7 Å². The summed E-state index contributed by atoms with van der Waals surface area (Å²) in [5, 5.41) is 15.3. The zero-order chi connectivity index (χ0) is 14.9. The lowest BCUT2D eigenvalue weighted by molar-refractivity contribution is -0.386. The average molecular weight is 343 g/mol. The summed E-state index contributed by atoms with van der Waals surface area (Å²) < 4.78 is 15.7. The molecule has 2 aromatic rings. The van der Waals surface area contributed by atoms with Gasteiger partial charge < -0.3 is 0 Å². The summed E-state index contributed by atoms with van der Waals surface area (Å²) >= 11 is 3.12. The molecule has 0 amide bonds. The van der Waals surface area contributed by atoms with E-state index in [9.17, 15) is 14.5 Å². The molecule has 8 heteroatoms. The zero-order valence-electron chi connectivity index (χ0n) is 10.9. The second-order valence-corrected chi connectivity index (χ2v) is 4.99. The maximum absolute atomic E-state index is 14.0. The quantitative estimate of drug-likeness (QED) is 0.631. The van der Waals surface area contributed by atoms with Crippen molar-refractivity contribution >= 4 is 21.6 Å². The molecule has 0 aliphatic rings. The summed E-state index contributed by atoms with van der Waals surface area (Å²) in [6.45, 7) is 3.53. The lowest BCUT2D eigenvalue weighted by Gasteiger charge is -2.05. The van der Waals surface area contributed by atoms with Gasteiger partial charge >= 0.3 is 5.69 Å². The van der Waals surface area contributed by atoms with E-state index in [0.717, 1.165) is 0 Å². The SMILES string of the molecule is CCc1nn(-c2ncc(Br)cc2F)c(CC)c1[N+](=O)[O-]. The third-order valence-corrected chi connectivity index (χ3v) is 3.30. The first kappa shape index (κ1) is 14.6. The van der Waals surface area contributed by atoms with Gasteiger partial charge in [-0.2, -0.15) is 5.10 Å². The van der Waals surface area contributed by atoms with Crippen molar-refractivity contribution in [2.45, 2.75) is 26.7 Å². The molecular weight excluding hydrogens is 331 g/mol. The van der Waals surface area contributed by atoms with Crippen molar-refractivity contribution in [3.63, 3.8) is 0 Å². The molecule has 6 nitrogen and oxygen atoms in total. The third-order valence-electron chi connectivity index (χ3n) is 2.86. The fourth-order valence-corrected chi connectivity index (χ4v) is 2.30. The summed E-state index contributed by atoms with van der Waals surface area (Å²) in [5.74, 6) is -0.623. The van der Waals surface area contributed by atoms with Crippen LogP contribution in [0.5, 0.6) is 0 Å². The highest BCUT2D eigenvalue weighted by Gasteiger charge is 2.27. The predicted octanol–water partition coefficient (Wildman–Crippen LogP) is 3.20. The minimum Gasteiger partial charge on any atom is -0.258 e. The number of aryl methyl sites for hydroxylation is 1. The summed E-state index contributed by atoms with van der Waals surface area (Å²) in [7, 11) is 0. The molecule has 0 saturated carbocycles. The van der Waals surface area contributed by atoms with Crippen molar-refractivity contribution in [2.24, 2.45) is 0 Å². The Morgan fingerprint density at radius 3 is 2.65 bits per heavy atom. The van der Waals surface area contributed by atoms with Gasteiger partial charge in [0.2, 0.25) is 0 Å². The third kappa shape index (κ3) is 2.43. The van der Waals surface area contributed by atoms with Crippen molar-refractivity contribution < 1.29 is 9.31 Å². The van der Waals surface area contributed by atoms with Crippen LogP contribution in [0.4, 0.5) is 10.1 Å². The van der Waals surface area contributed by atoms with Crippen LogP contribution in [0.1, 0.15) is 25.2 Å². The standard InChI is InChI=1S/C12H12BrFN4O2/c1-3-9-11(18(19)20)10(4-2)17(16-9)12-8(14)5-7(13)6-15-12/h5-6H,3-4H2,1-2H3. The lowest BCUT2D eigenvalue weighted by atomic mass is 10.2. The number of rotatable bonds is 4. The normalized spacial score (nSPS) is 10.8. The van der Waals surface area contributed by atoms with Crippen LogP contribution in [0.3, 0.4) is 0 Å². The zero-order valence-corrected chi connectivity index (χ0v) is 12.5. The van der Waals surface area contributed by atoms with E-state index in [1.165, 1.54) is 16.9 Å². The van der Waals surface area contributed by atoms with E-state index in [2.05, 4.69) is 26.0 Å². The second-order valence-electron chi connectivity index (χ2n) is 4.08. The van der Waals surface area contributed by atoms with E-state index in [4.69, 9.17) is 0 Å². The van der Waals surface area contributed by atoms with Crippen molar-refractivity contribution in [2.75, 3.05) is 0 Å². The molecule has 2 heterocycles. The van der Waals surface area contributed by atoms with E-state index in [1.54, 1.807) is 13.8 Å². The highest BCUT2D eigenvalue weighted by molar-refractivity contribution is 9.10.